The number of halogens is 1. The van der Waals surface area contributed by atoms with Gasteiger partial charge in [-0.25, -0.2) is 8.42 Å². The van der Waals surface area contributed by atoms with Crippen LogP contribution in [0.15, 0.2) is 53.4 Å². The molecule has 3 unspecified atom stereocenters. The van der Waals surface area contributed by atoms with Crippen LogP contribution in [0.3, 0.4) is 0 Å². The molecule has 5 heteroatoms. The highest BCUT2D eigenvalue weighted by atomic mass is 35.5. The fourth-order valence-corrected chi connectivity index (χ4v) is 4.96. The first kappa shape index (κ1) is 14.6. The Labute approximate surface area is 129 Å². The van der Waals surface area contributed by atoms with E-state index in [1.165, 1.54) is 0 Å². The molecule has 0 saturated heterocycles. The predicted molar refractivity (Wildman–Crippen MR) is 84.3 cm³/mol. The first-order valence-electron chi connectivity index (χ1n) is 6.73. The van der Waals surface area contributed by atoms with E-state index in [9.17, 15) is 8.42 Å². The molecule has 2 N–H and O–H groups in total. The van der Waals surface area contributed by atoms with Gasteiger partial charge < -0.3 is 5.73 Å². The van der Waals surface area contributed by atoms with E-state index in [0.717, 1.165) is 11.1 Å². The summed E-state index contributed by atoms with van der Waals surface area (Å²) < 4.78 is 25.3. The maximum absolute atomic E-state index is 12.7. The highest BCUT2D eigenvalue weighted by molar-refractivity contribution is 7.92. The van der Waals surface area contributed by atoms with Crippen molar-refractivity contribution in [3.63, 3.8) is 0 Å². The summed E-state index contributed by atoms with van der Waals surface area (Å²) in [5, 5.41) is 0.0248. The van der Waals surface area contributed by atoms with E-state index in [0.29, 0.717) is 9.92 Å². The van der Waals surface area contributed by atoms with Gasteiger partial charge in [0.1, 0.15) is 0 Å². The van der Waals surface area contributed by atoms with E-state index in [-0.39, 0.29) is 12.0 Å². The van der Waals surface area contributed by atoms with Crippen molar-refractivity contribution < 1.29 is 8.42 Å². The van der Waals surface area contributed by atoms with Gasteiger partial charge in [0.25, 0.3) is 0 Å². The number of sulfone groups is 1. The van der Waals surface area contributed by atoms with Gasteiger partial charge >= 0.3 is 0 Å². The minimum atomic E-state index is -3.41. The predicted octanol–water partition coefficient (Wildman–Crippen LogP) is 2.92. The maximum atomic E-state index is 12.7. The summed E-state index contributed by atoms with van der Waals surface area (Å²) in [6.45, 7) is 1.92. The summed E-state index contributed by atoms with van der Waals surface area (Å²) in [5.74, 6) is -0.185. The standard InChI is InChI=1S/C16H16ClNO2S/c1-10-5-7-13(8-6-10)21(19,20)16-14(15(16)18)11-3-2-4-12(17)9-11/h2-9,14-16H,18H2,1H3. The first-order valence-corrected chi connectivity index (χ1v) is 8.65. The zero-order valence-corrected chi connectivity index (χ0v) is 13.1. The molecule has 3 nitrogen and oxygen atoms in total. The van der Waals surface area contributed by atoms with Crippen molar-refractivity contribution in [2.75, 3.05) is 0 Å². The zero-order valence-electron chi connectivity index (χ0n) is 11.5. The van der Waals surface area contributed by atoms with Gasteiger partial charge in [0.2, 0.25) is 0 Å². The van der Waals surface area contributed by atoms with Crippen LogP contribution in [-0.4, -0.2) is 19.7 Å². The number of benzene rings is 2. The molecule has 0 radical (unpaired) electrons. The molecule has 2 aromatic carbocycles. The topological polar surface area (TPSA) is 60.2 Å². The molecule has 110 valence electrons. The van der Waals surface area contributed by atoms with Crippen LogP contribution in [0.1, 0.15) is 17.0 Å². The Morgan fingerprint density at radius 1 is 1.10 bits per heavy atom. The van der Waals surface area contributed by atoms with Crippen molar-refractivity contribution in [3.8, 4) is 0 Å². The highest BCUT2D eigenvalue weighted by Gasteiger charge is 2.57. The van der Waals surface area contributed by atoms with Crippen LogP contribution in [-0.2, 0) is 9.84 Å². The van der Waals surface area contributed by atoms with E-state index in [2.05, 4.69) is 0 Å². The molecule has 3 atom stereocenters. The van der Waals surface area contributed by atoms with Gasteiger partial charge in [0.15, 0.2) is 9.84 Å². The first-order chi connectivity index (χ1) is 9.91. The highest BCUT2D eigenvalue weighted by Crippen LogP contribution is 2.47. The largest absolute Gasteiger partial charge is 0.326 e. The van der Waals surface area contributed by atoms with E-state index in [1.807, 2.05) is 19.1 Å². The molecule has 2 aromatic rings. The Kier molecular flexibility index (Phi) is 3.56. The number of rotatable bonds is 3. The van der Waals surface area contributed by atoms with Crippen LogP contribution >= 0.6 is 11.6 Å². The van der Waals surface area contributed by atoms with Crippen molar-refractivity contribution in [2.24, 2.45) is 5.73 Å². The van der Waals surface area contributed by atoms with E-state index >= 15 is 0 Å². The fourth-order valence-electron chi connectivity index (χ4n) is 2.72. The minimum absolute atomic E-state index is 0.185. The molecule has 3 rings (SSSR count). The van der Waals surface area contributed by atoms with E-state index in [4.69, 9.17) is 17.3 Å². The van der Waals surface area contributed by atoms with E-state index in [1.54, 1.807) is 36.4 Å². The third-order valence-electron chi connectivity index (χ3n) is 3.95. The fraction of sp³-hybridized carbons (Fsp3) is 0.250. The molecule has 1 aliphatic rings. The molecule has 0 amide bonds. The lowest BCUT2D eigenvalue weighted by Crippen LogP contribution is -2.15. The Morgan fingerprint density at radius 3 is 2.38 bits per heavy atom. The summed E-state index contributed by atoms with van der Waals surface area (Å²) in [7, 11) is -3.41. The zero-order chi connectivity index (χ0) is 15.2. The van der Waals surface area contributed by atoms with Crippen LogP contribution in [0.2, 0.25) is 5.02 Å². The van der Waals surface area contributed by atoms with Gasteiger partial charge in [-0.3, -0.25) is 0 Å². The maximum Gasteiger partial charge on any atom is 0.183 e. The molecular formula is C16H16ClNO2S. The second kappa shape index (κ2) is 5.13. The van der Waals surface area contributed by atoms with Gasteiger partial charge in [0.05, 0.1) is 10.1 Å². The monoisotopic (exact) mass is 321 g/mol. The number of hydrogen-bond acceptors (Lipinski definition) is 3. The van der Waals surface area contributed by atoms with E-state index < -0.39 is 15.1 Å². The van der Waals surface area contributed by atoms with Crippen LogP contribution in [0.25, 0.3) is 0 Å². The molecule has 0 aromatic heterocycles. The average molecular weight is 322 g/mol. The van der Waals surface area contributed by atoms with Crippen molar-refractivity contribution in [1.82, 2.24) is 0 Å². The Bertz CT molecular complexity index is 771. The second-order valence-corrected chi connectivity index (χ2v) is 8.02. The van der Waals surface area contributed by atoms with Crippen LogP contribution < -0.4 is 5.73 Å². The molecule has 21 heavy (non-hydrogen) atoms. The molecule has 0 aliphatic heterocycles. The Balaban J connectivity index is 1.93. The second-order valence-electron chi connectivity index (χ2n) is 5.48. The molecule has 0 bridgehead atoms. The van der Waals surface area contributed by atoms with Crippen molar-refractivity contribution in [3.05, 3.63) is 64.7 Å². The number of hydrogen-bond donors (Lipinski definition) is 1. The summed E-state index contributed by atoms with van der Waals surface area (Å²) in [6, 6.07) is 13.8. The molecule has 1 aliphatic carbocycles. The van der Waals surface area contributed by atoms with Gasteiger partial charge in [0, 0.05) is 17.0 Å². The van der Waals surface area contributed by atoms with Crippen molar-refractivity contribution in [1.29, 1.82) is 0 Å². The number of nitrogens with two attached hydrogens (primary N) is 1. The lowest BCUT2D eigenvalue weighted by molar-refractivity contribution is 0.593. The lowest BCUT2D eigenvalue weighted by Gasteiger charge is -2.05. The molecule has 1 fully saturated rings. The van der Waals surface area contributed by atoms with Crippen molar-refractivity contribution >= 4 is 21.4 Å². The average Bonchev–Trinajstić information content (AvgIpc) is 3.12. The Hall–Kier alpha value is -1.36. The smallest absolute Gasteiger partial charge is 0.183 e. The number of aryl methyl sites for hydroxylation is 1. The van der Waals surface area contributed by atoms with Gasteiger partial charge in [-0.15, -0.1) is 0 Å². The van der Waals surface area contributed by atoms with Gasteiger partial charge in [-0.05, 0) is 36.8 Å². The van der Waals surface area contributed by atoms with Crippen LogP contribution in [0, 0.1) is 6.92 Å². The molecule has 0 spiro atoms. The van der Waals surface area contributed by atoms with Gasteiger partial charge in [-0.1, -0.05) is 41.4 Å². The normalized spacial score (nSPS) is 24.8. The SMILES string of the molecule is Cc1ccc(S(=O)(=O)C2C(N)C2c2cccc(Cl)c2)cc1. The third-order valence-corrected chi connectivity index (χ3v) is 6.44. The summed E-state index contributed by atoms with van der Waals surface area (Å²) in [5.41, 5.74) is 7.94. The minimum Gasteiger partial charge on any atom is -0.326 e. The molecule has 1 saturated carbocycles. The Morgan fingerprint density at radius 2 is 1.76 bits per heavy atom. The molecule has 0 heterocycles. The van der Waals surface area contributed by atoms with Crippen molar-refractivity contribution in [2.45, 2.75) is 29.0 Å². The van der Waals surface area contributed by atoms with Crippen LogP contribution in [0.5, 0.6) is 0 Å². The lowest BCUT2D eigenvalue weighted by atomic mass is 10.1. The van der Waals surface area contributed by atoms with Gasteiger partial charge in [-0.2, -0.15) is 0 Å². The molecular weight excluding hydrogens is 306 g/mol. The summed E-state index contributed by atoms with van der Waals surface area (Å²) in [6.07, 6.45) is 0. The summed E-state index contributed by atoms with van der Waals surface area (Å²) >= 11 is 5.97. The summed E-state index contributed by atoms with van der Waals surface area (Å²) in [4.78, 5) is 0.332. The van der Waals surface area contributed by atoms with Crippen LogP contribution in [0.4, 0.5) is 0 Å². The third kappa shape index (κ3) is 2.59. The quantitative estimate of drug-likeness (QED) is 0.945.